The molecule has 0 radical (unpaired) electrons. The van der Waals surface area contributed by atoms with E-state index in [2.05, 4.69) is 35.1 Å². The van der Waals surface area contributed by atoms with E-state index in [-0.39, 0.29) is 30.4 Å². The molecule has 4 rings (SSSR count). The van der Waals surface area contributed by atoms with E-state index in [1.165, 1.54) is 18.1 Å². The lowest BCUT2D eigenvalue weighted by atomic mass is 9.98. The zero-order chi connectivity index (χ0) is 22.7. The van der Waals surface area contributed by atoms with Crippen LogP contribution in [0.15, 0.2) is 48.5 Å². The van der Waals surface area contributed by atoms with Gasteiger partial charge in [-0.3, -0.25) is 9.63 Å². The highest BCUT2D eigenvalue weighted by Crippen LogP contribution is 2.44. The number of hydroxylamine groups is 1. The predicted molar refractivity (Wildman–Crippen MR) is 116 cm³/mol. The van der Waals surface area contributed by atoms with Gasteiger partial charge in [0.2, 0.25) is 5.91 Å². The lowest BCUT2D eigenvalue weighted by molar-refractivity contribution is -0.160. The first-order valence-electron chi connectivity index (χ1n) is 10.7. The Morgan fingerprint density at radius 1 is 1.03 bits per heavy atom. The molecule has 0 bridgehead atoms. The first-order valence-corrected chi connectivity index (χ1v) is 10.7. The van der Waals surface area contributed by atoms with Gasteiger partial charge < -0.3 is 15.2 Å². The van der Waals surface area contributed by atoms with E-state index in [9.17, 15) is 14.4 Å². The minimum Gasteiger partial charge on any atom is -0.479 e. The summed E-state index contributed by atoms with van der Waals surface area (Å²) in [5.74, 6) is -1.90. The fourth-order valence-electron chi connectivity index (χ4n) is 4.44. The first kappa shape index (κ1) is 21.8. The van der Waals surface area contributed by atoms with Gasteiger partial charge in [0.05, 0.1) is 0 Å². The summed E-state index contributed by atoms with van der Waals surface area (Å²) in [4.78, 5) is 40.2. The van der Waals surface area contributed by atoms with Gasteiger partial charge in [-0.05, 0) is 48.4 Å². The van der Waals surface area contributed by atoms with Crippen molar-refractivity contribution < 1.29 is 29.1 Å². The lowest BCUT2D eigenvalue weighted by Gasteiger charge is -2.17. The predicted octanol–water partition coefficient (Wildman–Crippen LogP) is 3.21. The van der Waals surface area contributed by atoms with Gasteiger partial charge in [-0.2, -0.15) is 0 Å². The molecule has 1 saturated carbocycles. The summed E-state index contributed by atoms with van der Waals surface area (Å²) in [6.07, 6.45) is 0.0199. The van der Waals surface area contributed by atoms with Crippen LogP contribution in [0.2, 0.25) is 0 Å². The summed E-state index contributed by atoms with van der Waals surface area (Å²) in [7, 11) is 0. The number of fused-ring (bicyclic) bond motifs is 3. The smallest absolute Gasteiger partial charge is 0.407 e. The maximum absolute atomic E-state index is 12.4. The summed E-state index contributed by atoms with van der Waals surface area (Å²) in [6.45, 7) is 1.57. The molecule has 0 saturated heterocycles. The number of aliphatic carboxylic acids is 1. The van der Waals surface area contributed by atoms with Gasteiger partial charge >= 0.3 is 12.1 Å². The number of carbonyl (C=O) groups is 3. The Kier molecular flexibility index (Phi) is 6.41. The standard InChI is InChI=1S/C24H26N2O6/c1-14(23(28)29)32-26-22(27)15-10-11-16(12-15)25-24(30)31-13-21-19-8-4-2-6-17(19)18-7-3-5-9-20(18)21/h2-9,14-16,21H,10-13H2,1H3,(H,25,30)(H,26,27)(H,28,29). The number of carbonyl (C=O) groups excluding carboxylic acids is 2. The quantitative estimate of drug-likeness (QED) is 0.572. The first-order chi connectivity index (χ1) is 15.4. The molecule has 1 fully saturated rings. The average Bonchev–Trinajstić information content (AvgIpc) is 3.38. The maximum atomic E-state index is 12.4. The number of carboxylic acids is 1. The Morgan fingerprint density at radius 3 is 2.28 bits per heavy atom. The molecule has 3 atom stereocenters. The third-order valence-corrected chi connectivity index (χ3v) is 6.15. The number of ether oxygens (including phenoxy) is 1. The van der Waals surface area contributed by atoms with Gasteiger partial charge in [-0.15, -0.1) is 0 Å². The molecule has 2 aromatic carbocycles. The number of nitrogens with one attached hydrogen (secondary N) is 2. The van der Waals surface area contributed by atoms with E-state index < -0.39 is 18.2 Å². The molecular formula is C24H26N2O6. The van der Waals surface area contributed by atoms with E-state index in [1.807, 2.05) is 24.3 Å². The molecule has 8 nitrogen and oxygen atoms in total. The Balaban J connectivity index is 1.27. The molecule has 168 valence electrons. The van der Waals surface area contributed by atoms with Gasteiger partial charge in [0.15, 0.2) is 6.10 Å². The van der Waals surface area contributed by atoms with Crippen LogP contribution in [-0.4, -0.2) is 41.8 Å². The van der Waals surface area contributed by atoms with Crippen molar-refractivity contribution in [2.45, 2.75) is 44.2 Å². The van der Waals surface area contributed by atoms with E-state index >= 15 is 0 Å². The van der Waals surface area contributed by atoms with Crippen LogP contribution < -0.4 is 10.8 Å². The Morgan fingerprint density at radius 2 is 1.66 bits per heavy atom. The maximum Gasteiger partial charge on any atom is 0.407 e. The molecule has 2 aliphatic rings. The van der Waals surface area contributed by atoms with Crippen LogP contribution >= 0.6 is 0 Å². The van der Waals surface area contributed by atoms with Crippen LogP contribution in [0.4, 0.5) is 4.79 Å². The Bertz CT molecular complexity index is 978. The molecule has 0 heterocycles. The average molecular weight is 438 g/mol. The molecule has 8 heteroatoms. The molecule has 2 aromatic rings. The Hall–Kier alpha value is -3.39. The molecule has 2 amide bonds. The molecule has 0 spiro atoms. The van der Waals surface area contributed by atoms with Gasteiger partial charge in [0.1, 0.15) is 6.61 Å². The van der Waals surface area contributed by atoms with Crippen molar-refractivity contribution in [2.75, 3.05) is 6.61 Å². The molecule has 3 N–H and O–H groups in total. The van der Waals surface area contributed by atoms with Crippen LogP contribution in [0.1, 0.15) is 43.2 Å². The molecule has 2 aliphatic carbocycles. The summed E-state index contributed by atoms with van der Waals surface area (Å²) >= 11 is 0. The van der Waals surface area contributed by atoms with Crippen molar-refractivity contribution >= 4 is 18.0 Å². The van der Waals surface area contributed by atoms with Crippen molar-refractivity contribution in [1.29, 1.82) is 0 Å². The summed E-state index contributed by atoms with van der Waals surface area (Å²) in [5.41, 5.74) is 6.83. The fraction of sp³-hybridized carbons (Fsp3) is 0.375. The monoisotopic (exact) mass is 438 g/mol. The largest absolute Gasteiger partial charge is 0.479 e. The number of alkyl carbamates (subject to hydrolysis) is 1. The van der Waals surface area contributed by atoms with Crippen molar-refractivity contribution in [3.63, 3.8) is 0 Å². The van der Waals surface area contributed by atoms with Crippen LogP contribution in [0.3, 0.4) is 0 Å². The van der Waals surface area contributed by atoms with Crippen LogP contribution in [0, 0.1) is 5.92 Å². The van der Waals surface area contributed by atoms with Gasteiger partial charge in [0, 0.05) is 17.9 Å². The summed E-state index contributed by atoms with van der Waals surface area (Å²) < 4.78 is 5.56. The number of benzene rings is 2. The van der Waals surface area contributed by atoms with Gasteiger partial charge in [0.25, 0.3) is 0 Å². The van der Waals surface area contributed by atoms with Crippen molar-refractivity contribution in [3.05, 3.63) is 59.7 Å². The molecule has 0 aromatic heterocycles. The number of rotatable bonds is 7. The van der Waals surface area contributed by atoms with Crippen LogP contribution in [0.5, 0.6) is 0 Å². The zero-order valence-corrected chi connectivity index (χ0v) is 17.7. The topological polar surface area (TPSA) is 114 Å². The SMILES string of the molecule is CC(ONC(=O)C1CCC(NC(=O)OCC2c3ccccc3-c3ccccc32)C1)C(=O)O. The third-order valence-electron chi connectivity index (χ3n) is 6.15. The highest BCUT2D eigenvalue weighted by atomic mass is 16.7. The minimum atomic E-state index is -1.16. The fourth-order valence-corrected chi connectivity index (χ4v) is 4.44. The second-order valence-electron chi connectivity index (χ2n) is 8.24. The molecule has 0 aliphatic heterocycles. The number of hydrogen-bond donors (Lipinski definition) is 3. The second-order valence-corrected chi connectivity index (χ2v) is 8.24. The van der Waals surface area contributed by atoms with Crippen molar-refractivity contribution in [2.24, 2.45) is 5.92 Å². The second kappa shape index (κ2) is 9.40. The highest BCUT2D eigenvalue weighted by molar-refractivity contribution is 5.80. The number of carboxylic acid groups (broad SMARTS) is 1. The zero-order valence-electron chi connectivity index (χ0n) is 17.7. The highest BCUT2D eigenvalue weighted by Gasteiger charge is 2.33. The van der Waals surface area contributed by atoms with Gasteiger partial charge in [-0.25, -0.2) is 15.1 Å². The molecular weight excluding hydrogens is 412 g/mol. The molecule has 3 unspecified atom stereocenters. The van der Waals surface area contributed by atoms with Crippen molar-refractivity contribution in [3.8, 4) is 11.1 Å². The lowest BCUT2D eigenvalue weighted by Crippen LogP contribution is -2.37. The number of amides is 2. The minimum absolute atomic E-state index is 0.0105. The number of hydrogen-bond acceptors (Lipinski definition) is 5. The van der Waals surface area contributed by atoms with E-state index in [0.717, 1.165) is 11.1 Å². The Labute approximate surface area is 185 Å². The van der Waals surface area contributed by atoms with E-state index in [4.69, 9.17) is 14.7 Å². The van der Waals surface area contributed by atoms with Crippen LogP contribution in [0.25, 0.3) is 11.1 Å². The third kappa shape index (κ3) is 4.60. The summed E-state index contributed by atoms with van der Waals surface area (Å²) in [5, 5.41) is 11.6. The summed E-state index contributed by atoms with van der Waals surface area (Å²) in [6, 6.07) is 16.1. The van der Waals surface area contributed by atoms with E-state index in [1.54, 1.807) is 0 Å². The van der Waals surface area contributed by atoms with E-state index in [0.29, 0.717) is 19.3 Å². The normalized spacial score (nSPS) is 20.2. The van der Waals surface area contributed by atoms with Crippen molar-refractivity contribution in [1.82, 2.24) is 10.8 Å². The molecule has 32 heavy (non-hydrogen) atoms. The van der Waals surface area contributed by atoms with Gasteiger partial charge in [-0.1, -0.05) is 48.5 Å². The van der Waals surface area contributed by atoms with Crippen LogP contribution in [-0.2, 0) is 19.2 Å².